The number of likely N-dealkylation sites (tertiary alicyclic amines) is 1. The van der Waals surface area contributed by atoms with Crippen LogP contribution in [0.1, 0.15) is 45.3 Å². The Morgan fingerprint density at radius 2 is 1.86 bits per heavy atom. The molecule has 0 bridgehead atoms. The molecule has 0 spiro atoms. The molecule has 1 aromatic carbocycles. The Bertz CT molecular complexity index is 533. The molecule has 1 aliphatic heterocycles. The van der Waals surface area contributed by atoms with Crippen LogP contribution in [-0.2, 0) is 14.3 Å². The number of methoxy groups -OCH3 is 1. The van der Waals surface area contributed by atoms with E-state index in [9.17, 15) is 9.59 Å². The summed E-state index contributed by atoms with van der Waals surface area (Å²) in [6.45, 7) is 6.34. The van der Waals surface area contributed by atoms with Crippen molar-refractivity contribution in [3.63, 3.8) is 0 Å². The number of Topliss-reactive ketones (excluding diaryl/α,β-unsaturated/α-hetero) is 1. The highest BCUT2D eigenvalue weighted by Crippen LogP contribution is 2.30. The van der Waals surface area contributed by atoms with E-state index in [1.807, 2.05) is 51.1 Å². The van der Waals surface area contributed by atoms with Crippen LogP contribution in [-0.4, -0.2) is 36.3 Å². The molecular formula is C18H25NO3. The van der Waals surface area contributed by atoms with E-state index in [0.717, 1.165) is 18.4 Å². The standard InChI is InChI=1S/C18H25NO3/c1-18(2,3)16(20)14-11-8-12-19(14)17(21)15(22-4)13-9-6-5-7-10-13/h5-7,9-10,14-15H,8,11-12H2,1-4H3/t14-,15?/m0/s1. The molecule has 1 fully saturated rings. The van der Waals surface area contributed by atoms with Crippen molar-refractivity contribution in [1.29, 1.82) is 0 Å². The lowest BCUT2D eigenvalue weighted by molar-refractivity contribution is -0.148. The van der Waals surface area contributed by atoms with Crippen LogP contribution in [0.15, 0.2) is 30.3 Å². The van der Waals surface area contributed by atoms with Gasteiger partial charge >= 0.3 is 0 Å². The number of hydrogen-bond donors (Lipinski definition) is 0. The number of nitrogens with zero attached hydrogens (tertiary/aromatic N) is 1. The average Bonchev–Trinajstić information content (AvgIpc) is 2.96. The highest BCUT2D eigenvalue weighted by molar-refractivity contribution is 5.94. The van der Waals surface area contributed by atoms with Crippen molar-refractivity contribution in [1.82, 2.24) is 4.90 Å². The largest absolute Gasteiger partial charge is 0.367 e. The van der Waals surface area contributed by atoms with Crippen LogP contribution < -0.4 is 0 Å². The maximum Gasteiger partial charge on any atom is 0.256 e. The van der Waals surface area contributed by atoms with Gasteiger partial charge in [0.1, 0.15) is 0 Å². The lowest BCUT2D eigenvalue weighted by atomic mass is 9.85. The molecule has 2 atom stereocenters. The Hall–Kier alpha value is -1.68. The number of ketones is 1. The van der Waals surface area contributed by atoms with Crippen LogP contribution in [0.3, 0.4) is 0 Å². The maximum absolute atomic E-state index is 12.9. The normalized spacial score (nSPS) is 20.0. The Labute approximate surface area is 132 Å². The van der Waals surface area contributed by atoms with E-state index in [2.05, 4.69) is 0 Å². The molecule has 0 aromatic heterocycles. The summed E-state index contributed by atoms with van der Waals surface area (Å²) in [7, 11) is 1.53. The molecule has 0 aliphatic carbocycles. The summed E-state index contributed by atoms with van der Waals surface area (Å²) in [4.78, 5) is 27.2. The van der Waals surface area contributed by atoms with Gasteiger partial charge < -0.3 is 9.64 Å². The summed E-state index contributed by atoms with van der Waals surface area (Å²) in [6.07, 6.45) is 0.964. The monoisotopic (exact) mass is 303 g/mol. The van der Waals surface area contributed by atoms with Crippen LogP contribution in [0.4, 0.5) is 0 Å². The molecule has 1 amide bonds. The Balaban J connectivity index is 2.22. The number of carbonyl (C=O) groups excluding carboxylic acids is 2. The second-order valence-corrected chi connectivity index (χ2v) is 6.83. The summed E-state index contributed by atoms with van der Waals surface area (Å²) in [5.41, 5.74) is 0.381. The topological polar surface area (TPSA) is 46.6 Å². The third kappa shape index (κ3) is 3.38. The van der Waals surface area contributed by atoms with Crippen molar-refractivity contribution in [3.8, 4) is 0 Å². The van der Waals surface area contributed by atoms with Crippen molar-refractivity contribution < 1.29 is 14.3 Å². The second-order valence-electron chi connectivity index (χ2n) is 6.83. The van der Waals surface area contributed by atoms with E-state index in [1.54, 1.807) is 4.90 Å². The van der Waals surface area contributed by atoms with E-state index in [0.29, 0.717) is 6.54 Å². The Morgan fingerprint density at radius 3 is 2.41 bits per heavy atom. The first-order valence-corrected chi connectivity index (χ1v) is 7.79. The van der Waals surface area contributed by atoms with Gasteiger partial charge in [-0.25, -0.2) is 0 Å². The van der Waals surface area contributed by atoms with Crippen LogP contribution in [0, 0.1) is 5.41 Å². The smallest absolute Gasteiger partial charge is 0.256 e. The number of hydrogen-bond acceptors (Lipinski definition) is 3. The van der Waals surface area contributed by atoms with Crippen molar-refractivity contribution in [2.24, 2.45) is 5.41 Å². The Kier molecular flexibility index (Phi) is 5.01. The van der Waals surface area contributed by atoms with Gasteiger partial charge in [0.05, 0.1) is 6.04 Å². The van der Waals surface area contributed by atoms with Gasteiger partial charge in [-0.3, -0.25) is 9.59 Å². The van der Waals surface area contributed by atoms with Crippen molar-refractivity contribution in [3.05, 3.63) is 35.9 Å². The first-order valence-electron chi connectivity index (χ1n) is 7.79. The summed E-state index contributed by atoms with van der Waals surface area (Å²) in [5.74, 6) is 0.00932. The molecule has 2 rings (SSSR count). The lowest BCUT2D eigenvalue weighted by Gasteiger charge is -2.31. The van der Waals surface area contributed by atoms with Crippen molar-refractivity contribution >= 4 is 11.7 Å². The Morgan fingerprint density at radius 1 is 1.23 bits per heavy atom. The van der Waals surface area contributed by atoms with Gasteiger partial charge in [-0.05, 0) is 18.4 Å². The van der Waals surface area contributed by atoms with Gasteiger partial charge in [0.25, 0.3) is 5.91 Å². The number of amides is 1. The molecule has 1 unspecified atom stereocenters. The molecule has 4 nitrogen and oxygen atoms in total. The molecule has 0 saturated carbocycles. The molecule has 1 aromatic rings. The minimum atomic E-state index is -0.644. The van der Waals surface area contributed by atoms with Crippen LogP contribution in [0.5, 0.6) is 0 Å². The quantitative estimate of drug-likeness (QED) is 0.859. The van der Waals surface area contributed by atoms with Gasteiger partial charge in [0.2, 0.25) is 0 Å². The van der Waals surface area contributed by atoms with Crippen molar-refractivity contribution in [2.75, 3.05) is 13.7 Å². The zero-order chi connectivity index (χ0) is 16.3. The molecule has 1 heterocycles. The summed E-state index contributed by atoms with van der Waals surface area (Å²) >= 11 is 0. The molecular weight excluding hydrogens is 278 g/mol. The third-order valence-electron chi connectivity index (χ3n) is 4.14. The van der Waals surface area contributed by atoms with E-state index in [1.165, 1.54) is 7.11 Å². The molecule has 1 aliphatic rings. The minimum absolute atomic E-state index is 0.117. The lowest BCUT2D eigenvalue weighted by Crippen LogP contribution is -2.46. The average molecular weight is 303 g/mol. The van der Waals surface area contributed by atoms with Gasteiger partial charge in [0, 0.05) is 19.1 Å². The first-order chi connectivity index (χ1) is 10.4. The predicted molar refractivity (Wildman–Crippen MR) is 85.4 cm³/mol. The van der Waals surface area contributed by atoms with Gasteiger partial charge in [-0.2, -0.15) is 0 Å². The zero-order valence-corrected chi connectivity index (χ0v) is 13.8. The maximum atomic E-state index is 12.9. The van der Waals surface area contributed by atoms with Gasteiger partial charge in [0.15, 0.2) is 11.9 Å². The summed E-state index contributed by atoms with van der Waals surface area (Å²) in [6, 6.07) is 9.11. The molecule has 0 radical (unpaired) electrons. The minimum Gasteiger partial charge on any atom is -0.367 e. The third-order valence-corrected chi connectivity index (χ3v) is 4.14. The zero-order valence-electron chi connectivity index (χ0n) is 13.8. The summed E-state index contributed by atoms with van der Waals surface area (Å²) in [5, 5.41) is 0. The molecule has 22 heavy (non-hydrogen) atoms. The summed E-state index contributed by atoms with van der Waals surface area (Å²) < 4.78 is 5.42. The van der Waals surface area contributed by atoms with Crippen LogP contribution in [0.2, 0.25) is 0 Å². The molecule has 0 N–H and O–H groups in total. The number of ether oxygens (including phenoxy) is 1. The van der Waals surface area contributed by atoms with E-state index in [-0.39, 0.29) is 17.7 Å². The van der Waals surface area contributed by atoms with Gasteiger partial charge in [-0.15, -0.1) is 0 Å². The van der Waals surface area contributed by atoms with Crippen LogP contribution in [0.25, 0.3) is 0 Å². The fourth-order valence-electron chi connectivity index (χ4n) is 2.96. The highest BCUT2D eigenvalue weighted by Gasteiger charge is 2.41. The van der Waals surface area contributed by atoms with E-state index >= 15 is 0 Å². The SMILES string of the molecule is COC(C(=O)N1CCC[C@H]1C(=O)C(C)(C)C)c1ccccc1. The van der Waals surface area contributed by atoms with E-state index in [4.69, 9.17) is 4.74 Å². The van der Waals surface area contributed by atoms with Gasteiger partial charge in [-0.1, -0.05) is 51.1 Å². The predicted octanol–water partition coefficient (Wildman–Crippen LogP) is 2.98. The fourth-order valence-corrected chi connectivity index (χ4v) is 2.96. The fraction of sp³-hybridized carbons (Fsp3) is 0.556. The first kappa shape index (κ1) is 16.7. The van der Waals surface area contributed by atoms with E-state index < -0.39 is 11.5 Å². The van der Waals surface area contributed by atoms with Crippen molar-refractivity contribution in [2.45, 2.75) is 45.8 Å². The van der Waals surface area contributed by atoms with Crippen LogP contribution >= 0.6 is 0 Å². The molecule has 120 valence electrons. The highest BCUT2D eigenvalue weighted by atomic mass is 16.5. The number of rotatable bonds is 4. The molecule has 4 heteroatoms. The second kappa shape index (κ2) is 6.61. The molecule has 1 saturated heterocycles. The number of benzene rings is 1. The number of carbonyl (C=O) groups is 2.